The molecule has 4 nitrogen and oxygen atoms in total. The molecule has 0 aromatic heterocycles. The van der Waals surface area contributed by atoms with Crippen LogP contribution >= 0.6 is 0 Å². The number of nitrogens with zero attached hydrogens (tertiary/aromatic N) is 2. The normalized spacial score (nSPS) is 16.8. The van der Waals surface area contributed by atoms with Crippen molar-refractivity contribution in [2.75, 3.05) is 33.2 Å². The maximum Gasteiger partial charge on any atom is 0.325 e. The summed E-state index contributed by atoms with van der Waals surface area (Å²) in [4.78, 5) is 19.4. The van der Waals surface area contributed by atoms with E-state index in [1.54, 1.807) is 0 Å². The Hall–Kier alpha value is -0.610. The van der Waals surface area contributed by atoms with E-state index in [0.29, 0.717) is 6.42 Å². The van der Waals surface area contributed by atoms with Gasteiger partial charge in [-0.1, -0.05) is 64.7 Å². The van der Waals surface area contributed by atoms with Crippen molar-refractivity contribution >= 4 is 5.97 Å². The summed E-state index contributed by atoms with van der Waals surface area (Å²) < 4.78 is 0. The summed E-state index contributed by atoms with van der Waals surface area (Å²) in [7, 11) is 2.10. The monoisotopic (exact) mass is 312 g/mol. The molecule has 4 heteroatoms. The van der Waals surface area contributed by atoms with Gasteiger partial charge in [0.1, 0.15) is 0 Å². The zero-order valence-electron chi connectivity index (χ0n) is 14.8. The summed E-state index contributed by atoms with van der Waals surface area (Å²) in [6, 6.07) is 0. The topological polar surface area (TPSA) is 32.8 Å². The van der Waals surface area contributed by atoms with Crippen LogP contribution < -0.4 is 0 Å². The lowest BCUT2D eigenvalue weighted by molar-refractivity contribution is -0.197. The van der Waals surface area contributed by atoms with Gasteiger partial charge in [0, 0.05) is 32.6 Å². The molecule has 130 valence electrons. The lowest BCUT2D eigenvalue weighted by Gasteiger charge is -2.30. The van der Waals surface area contributed by atoms with Crippen LogP contribution in [-0.4, -0.2) is 49.2 Å². The van der Waals surface area contributed by atoms with Gasteiger partial charge in [-0.25, -0.2) is 0 Å². The summed E-state index contributed by atoms with van der Waals surface area (Å²) in [6.07, 6.45) is 13.5. The van der Waals surface area contributed by atoms with E-state index in [-0.39, 0.29) is 5.97 Å². The molecule has 0 bridgehead atoms. The molecular weight excluding hydrogens is 276 g/mol. The van der Waals surface area contributed by atoms with E-state index >= 15 is 0 Å². The number of likely N-dealkylation sites (N-methyl/N-ethyl adjacent to an activating group) is 1. The number of hydroxylamine groups is 2. The van der Waals surface area contributed by atoms with Crippen LogP contribution in [0, 0.1) is 0 Å². The molecule has 0 atom stereocenters. The molecule has 0 amide bonds. The predicted molar refractivity (Wildman–Crippen MR) is 91.6 cm³/mol. The van der Waals surface area contributed by atoms with Gasteiger partial charge in [-0.15, -0.1) is 5.06 Å². The molecule has 1 aliphatic heterocycles. The van der Waals surface area contributed by atoms with E-state index in [1.165, 1.54) is 51.4 Å². The first-order valence-corrected chi connectivity index (χ1v) is 9.36. The van der Waals surface area contributed by atoms with Gasteiger partial charge in [0.05, 0.1) is 0 Å². The first kappa shape index (κ1) is 19.4. The van der Waals surface area contributed by atoms with Crippen molar-refractivity contribution in [3.8, 4) is 0 Å². The van der Waals surface area contributed by atoms with Crippen LogP contribution in [0.3, 0.4) is 0 Å². The highest BCUT2D eigenvalue weighted by atomic mass is 16.7. The Morgan fingerprint density at radius 1 is 0.818 bits per heavy atom. The second-order valence-electron chi connectivity index (χ2n) is 6.63. The highest BCUT2D eigenvalue weighted by molar-refractivity contribution is 5.68. The predicted octanol–water partition coefficient (Wildman–Crippen LogP) is 4.00. The number of unbranched alkanes of at least 4 members (excludes halogenated alkanes) is 9. The number of carbonyl (C=O) groups excluding carboxylic acids is 1. The van der Waals surface area contributed by atoms with Crippen molar-refractivity contribution < 1.29 is 9.63 Å². The zero-order valence-corrected chi connectivity index (χ0v) is 14.8. The fourth-order valence-corrected chi connectivity index (χ4v) is 2.83. The molecule has 0 saturated carbocycles. The highest BCUT2D eigenvalue weighted by Gasteiger charge is 2.17. The number of piperazine rings is 1. The van der Waals surface area contributed by atoms with Crippen molar-refractivity contribution in [3.63, 3.8) is 0 Å². The summed E-state index contributed by atoms with van der Waals surface area (Å²) in [5.41, 5.74) is 0. The minimum Gasteiger partial charge on any atom is -0.368 e. The van der Waals surface area contributed by atoms with Crippen molar-refractivity contribution in [2.45, 2.75) is 77.6 Å². The molecule has 1 rings (SSSR count). The van der Waals surface area contributed by atoms with Crippen molar-refractivity contribution in [1.82, 2.24) is 9.96 Å². The van der Waals surface area contributed by atoms with Crippen LogP contribution in [0.1, 0.15) is 77.6 Å². The van der Waals surface area contributed by atoms with Crippen LogP contribution in [0.15, 0.2) is 0 Å². The molecule has 1 saturated heterocycles. The molecular formula is C18H36N2O2. The Morgan fingerprint density at radius 2 is 1.32 bits per heavy atom. The third kappa shape index (κ3) is 10.2. The smallest absolute Gasteiger partial charge is 0.325 e. The van der Waals surface area contributed by atoms with Crippen LogP contribution in [0.4, 0.5) is 0 Å². The Kier molecular flexibility index (Phi) is 11.4. The molecule has 0 aromatic rings. The molecule has 1 fully saturated rings. The van der Waals surface area contributed by atoms with Crippen molar-refractivity contribution in [2.24, 2.45) is 0 Å². The largest absolute Gasteiger partial charge is 0.368 e. The molecule has 0 aliphatic carbocycles. The zero-order chi connectivity index (χ0) is 16.0. The Balaban J connectivity index is 1.84. The van der Waals surface area contributed by atoms with Gasteiger partial charge < -0.3 is 9.74 Å². The number of hydrogen-bond donors (Lipinski definition) is 0. The average Bonchev–Trinajstić information content (AvgIpc) is 2.51. The van der Waals surface area contributed by atoms with Crippen molar-refractivity contribution in [1.29, 1.82) is 0 Å². The lowest BCUT2D eigenvalue weighted by Crippen LogP contribution is -2.45. The van der Waals surface area contributed by atoms with Crippen molar-refractivity contribution in [3.05, 3.63) is 0 Å². The Morgan fingerprint density at radius 3 is 1.86 bits per heavy atom. The third-order valence-electron chi connectivity index (χ3n) is 4.43. The molecule has 1 heterocycles. The quantitative estimate of drug-likeness (QED) is 0.510. The van der Waals surface area contributed by atoms with E-state index in [0.717, 1.165) is 39.0 Å². The first-order chi connectivity index (χ1) is 10.7. The molecule has 0 spiro atoms. The summed E-state index contributed by atoms with van der Waals surface area (Å²) in [5, 5.41) is 1.82. The number of rotatable bonds is 12. The molecule has 22 heavy (non-hydrogen) atoms. The van der Waals surface area contributed by atoms with E-state index in [4.69, 9.17) is 4.84 Å². The molecule has 0 N–H and O–H groups in total. The second kappa shape index (κ2) is 12.9. The van der Waals surface area contributed by atoms with Gasteiger partial charge in [-0.05, 0) is 13.5 Å². The number of carbonyl (C=O) groups is 1. The van der Waals surface area contributed by atoms with Gasteiger partial charge in [0.25, 0.3) is 0 Å². The van der Waals surface area contributed by atoms with Gasteiger partial charge >= 0.3 is 5.97 Å². The summed E-state index contributed by atoms with van der Waals surface area (Å²) >= 11 is 0. The standard InChI is InChI=1S/C18H36N2O2/c1-3-4-5-6-7-8-9-10-11-12-13-18(21)22-20-16-14-19(2)15-17-20/h3-17H2,1-2H3. The molecule has 1 aliphatic rings. The van der Waals surface area contributed by atoms with Gasteiger partial charge in [0.15, 0.2) is 0 Å². The van der Waals surface area contributed by atoms with Crippen LogP contribution in [-0.2, 0) is 9.63 Å². The van der Waals surface area contributed by atoms with Gasteiger partial charge in [-0.2, -0.15) is 0 Å². The fraction of sp³-hybridized carbons (Fsp3) is 0.944. The third-order valence-corrected chi connectivity index (χ3v) is 4.43. The van der Waals surface area contributed by atoms with E-state index in [1.807, 2.05) is 5.06 Å². The van der Waals surface area contributed by atoms with Crippen LogP contribution in [0.2, 0.25) is 0 Å². The first-order valence-electron chi connectivity index (χ1n) is 9.36. The van der Waals surface area contributed by atoms with Gasteiger partial charge in [-0.3, -0.25) is 4.79 Å². The average molecular weight is 312 g/mol. The van der Waals surface area contributed by atoms with Gasteiger partial charge in [0.2, 0.25) is 0 Å². The minimum atomic E-state index is -0.0517. The Labute approximate surface area is 137 Å². The van der Waals surface area contributed by atoms with E-state index in [9.17, 15) is 4.79 Å². The maximum atomic E-state index is 11.8. The molecule has 0 unspecified atom stereocenters. The van der Waals surface area contributed by atoms with E-state index < -0.39 is 0 Å². The highest BCUT2D eigenvalue weighted by Crippen LogP contribution is 2.12. The molecule has 0 radical (unpaired) electrons. The SMILES string of the molecule is CCCCCCCCCCCCC(=O)ON1CCN(C)CC1. The Bertz CT molecular complexity index is 276. The summed E-state index contributed by atoms with van der Waals surface area (Å²) in [6.45, 7) is 5.88. The van der Waals surface area contributed by atoms with Crippen LogP contribution in [0.5, 0.6) is 0 Å². The summed E-state index contributed by atoms with van der Waals surface area (Å²) in [5.74, 6) is -0.0517. The van der Waals surface area contributed by atoms with E-state index in [2.05, 4.69) is 18.9 Å². The maximum absolute atomic E-state index is 11.8. The molecule has 0 aromatic carbocycles. The minimum absolute atomic E-state index is 0.0517. The second-order valence-corrected chi connectivity index (χ2v) is 6.63. The fourth-order valence-electron chi connectivity index (χ4n) is 2.83. The number of hydrogen-bond acceptors (Lipinski definition) is 4. The lowest BCUT2D eigenvalue weighted by atomic mass is 10.1. The van der Waals surface area contributed by atoms with Crippen LogP contribution in [0.25, 0.3) is 0 Å².